The summed E-state index contributed by atoms with van der Waals surface area (Å²) in [5.41, 5.74) is 0.579. The number of rotatable bonds is 7. The van der Waals surface area contributed by atoms with Crippen LogP contribution in [0.3, 0.4) is 0 Å². The monoisotopic (exact) mass is 406 g/mol. The van der Waals surface area contributed by atoms with Crippen LogP contribution in [0.15, 0.2) is 29.6 Å². The summed E-state index contributed by atoms with van der Waals surface area (Å²) < 4.78 is 18.7. The van der Waals surface area contributed by atoms with Crippen molar-refractivity contribution in [1.29, 1.82) is 0 Å². The Morgan fingerprint density at radius 1 is 1.32 bits per heavy atom. The van der Waals surface area contributed by atoms with Gasteiger partial charge in [0.25, 0.3) is 5.91 Å². The summed E-state index contributed by atoms with van der Waals surface area (Å²) in [5.74, 6) is -1.57. The van der Waals surface area contributed by atoms with Gasteiger partial charge in [-0.1, -0.05) is 12.1 Å². The van der Waals surface area contributed by atoms with Gasteiger partial charge >= 0.3 is 0 Å². The molecular weight excluding hydrogens is 387 g/mol. The zero-order chi connectivity index (χ0) is 20.1. The van der Waals surface area contributed by atoms with Crippen LogP contribution in [0.5, 0.6) is 5.75 Å². The second-order valence-corrected chi connectivity index (χ2v) is 7.06. The third-order valence-electron chi connectivity index (χ3n) is 4.20. The van der Waals surface area contributed by atoms with E-state index in [1.807, 2.05) is 0 Å². The van der Waals surface area contributed by atoms with Gasteiger partial charge in [-0.25, -0.2) is 9.37 Å². The zero-order valence-corrected chi connectivity index (χ0v) is 15.9. The Labute approximate surface area is 164 Å². The highest BCUT2D eigenvalue weighted by molar-refractivity contribution is 7.13. The van der Waals surface area contributed by atoms with E-state index >= 15 is 0 Å². The fraction of sp³-hybridized carbons (Fsp3) is 0.333. The molecule has 0 unspecified atom stereocenters. The Kier molecular flexibility index (Phi) is 6.19. The van der Waals surface area contributed by atoms with Gasteiger partial charge < -0.3 is 20.3 Å². The van der Waals surface area contributed by atoms with Crippen LogP contribution in [-0.4, -0.2) is 54.3 Å². The first kappa shape index (κ1) is 19.7. The minimum atomic E-state index is -0.532. The van der Waals surface area contributed by atoms with Crippen LogP contribution in [0, 0.1) is 11.7 Å². The number of para-hydroxylation sites is 1. The minimum Gasteiger partial charge on any atom is -0.481 e. The first-order valence-electron chi connectivity index (χ1n) is 8.57. The first-order valence-corrected chi connectivity index (χ1v) is 9.45. The molecule has 28 heavy (non-hydrogen) atoms. The van der Waals surface area contributed by atoms with Crippen molar-refractivity contribution in [1.82, 2.24) is 15.2 Å². The largest absolute Gasteiger partial charge is 0.481 e. The van der Waals surface area contributed by atoms with E-state index in [-0.39, 0.29) is 55.5 Å². The van der Waals surface area contributed by atoms with Crippen LogP contribution in [0.2, 0.25) is 0 Å². The molecule has 2 N–H and O–H groups in total. The van der Waals surface area contributed by atoms with E-state index in [2.05, 4.69) is 15.6 Å². The molecule has 3 amide bonds. The van der Waals surface area contributed by atoms with Gasteiger partial charge in [0, 0.05) is 25.5 Å². The van der Waals surface area contributed by atoms with Crippen LogP contribution >= 0.6 is 11.3 Å². The number of hydrogen-bond donors (Lipinski definition) is 2. The summed E-state index contributed by atoms with van der Waals surface area (Å²) >= 11 is 1.24. The molecule has 148 valence electrons. The summed E-state index contributed by atoms with van der Waals surface area (Å²) in [4.78, 5) is 41.3. The molecule has 1 fully saturated rings. The molecule has 1 aliphatic rings. The summed E-state index contributed by atoms with van der Waals surface area (Å²) in [6.45, 7) is 0.244. The average Bonchev–Trinajstić information content (AvgIpc) is 3.06. The molecule has 0 atom stereocenters. The normalized spacial score (nSPS) is 13.6. The van der Waals surface area contributed by atoms with Gasteiger partial charge in [0.05, 0.1) is 18.0 Å². The minimum absolute atomic E-state index is 0.0157. The Hall–Kier alpha value is -3.01. The van der Waals surface area contributed by atoms with Gasteiger partial charge in [-0.15, -0.1) is 11.3 Å². The standard InChI is InChI=1S/C18H19FN4O4S/c1-20-15(24)6-12-10-28-18(21-12)22-17(26)11-7-23(8-11)16(25)9-27-14-5-3-2-4-13(14)19/h2-5,10-11H,6-9H2,1H3,(H,20,24)(H,21,22,26). The highest BCUT2D eigenvalue weighted by Crippen LogP contribution is 2.21. The number of ether oxygens (including phenoxy) is 1. The van der Waals surface area contributed by atoms with Gasteiger partial charge in [0.2, 0.25) is 11.8 Å². The van der Waals surface area contributed by atoms with E-state index in [9.17, 15) is 18.8 Å². The number of carbonyl (C=O) groups excluding carboxylic acids is 3. The fourth-order valence-corrected chi connectivity index (χ4v) is 3.26. The highest BCUT2D eigenvalue weighted by atomic mass is 32.1. The smallest absolute Gasteiger partial charge is 0.260 e. The first-order chi connectivity index (χ1) is 13.5. The second-order valence-electron chi connectivity index (χ2n) is 6.20. The fourth-order valence-electron chi connectivity index (χ4n) is 2.55. The lowest BCUT2D eigenvalue weighted by Gasteiger charge is -2.37. The number of anilines is 1. The van der Waals surface area contributed by atoms with E-state index < -0.39 is 5.82 Å². The molecule has 0 bridgehead atoms. The van der Waals surface area contributed by atoms with Crippen LogP contribution in [-0.2, 0) is 20.8 Å². The van der Waals surface area contributed by atoms with E-state index in [0.29, 0.717) is 10.8 Å². The second kappa shape index (κ2) is 8.79. The molecule has 3 rings (SSSR count). The molecule has 1 aromatic heterocycles. The SMILES string of the molecule is CNC(=O)Cc1csc(NC(=O)C2CN(C(=O)COc3ccccc3F)C2)n1. The molecule has 1 saturated heterocycles. The quantitative estimate of drug-likeness (QED) is 0.716. The molecule has 0 saturated carbocycles. The Balaban J connectivity index is 1.42. The van der Waals surface area contributed by atoms with Crippen molar-refractivity contribution in [2.45, 2.75) is 6.42 Å². The topological polar surface area (TPSA) is 101 Å². The van der Waals surface area contributed by atoms with Crippen molar-refractivity contribution in [3.05, 3.63) is 41.2 Å². The van der Waals surface area contributed by atoms with Crippen molar-refractivity contribution >= 4 is 34.2 Å². The van der Waals surface area contributed by atoms with Gasteiger partial charge in [-0.3, -0.25) is 14.4 Å². The lowest BCUT2D eigenvalue weighted by atomic mass is 9.99. The number of nitrogens with zero attached hydrogens (tertiary/aromatic N) is 2. The number of thiazole rings is 1. The van der Waals surface area contributed by atoms with Crippen molar-refractivity contribution in [2.24, 2.45) is 5.92 Å². The van der Waals surface area contributed by atoms with Crippen LogP contribution in [0.1, 0.15) is 5.69 Å². The predicted molar refractivity (Wildman–Crippen MR) is 100 cm³/mol. The molecule has 0 aliphatic carbocycles. The number of hydrogen-bond acceptors (Lipinski definition) is 6. The number of likely N-dealkylation sites (tertiary alicyclic amines) is 1. The number of likely N-dealkylation sites (N-methyl/N-ethyl adjacent to an activating group) is 1. The number of amides is 3. The number of benzene rings is 1. The predicted octanol–water partition coefficient (Wildman–Crippen LogP) is 1.05. The van der Waals surface area contributed by atoms with Gasteiger partial charge in [0.1, 0.15) is 0 Å². The number of aromatic nitrogens is 1. The van der Waals surface area contributed by atoms with Crippen LogP contribution in [0.25, 0.3) is 0 Å². The van der Waals surface area contributed by atoms with Crippen molar-refractivity contribution in [2.75, 3.05) is 32.1 Å². The van der Waals surface area contributed by atoms with Crippen LogP contribution < -0.4 is 15.4 Å². The summed E-state index contributed by atoms with van der Waals surface area (Å²) in [5, 5.41) is 7.33. The summed E-state index contributed by atoms with van der Waals surface area (Å²) in [6.07, 6.45) is 0.149. The molecule has 8 nitrogen and oxygen atoms in total. The maximum absolute atomic E-state index is 13.5. The molecular formula is C18H19FN4O4S. The number of nitrogens with one attached hydrogen (secondary N) is 2. The maximum atomic E-state index is 13.5. The van der Waals surface area contributed by atoms with E-state index in [1.54, 1.807) is 18.5 Å². The van der Waals surface area contributed by atoms with E-state index in [1.165, 1.54) is 34.4 Å². The third kappa shape index (κ3) is 4.83. The molecule has 2 aromatic rings. The molecule has 10 heteroatoms. The molecule has 2 heterocycles. The zero-order valence-electron chi connectivity index (χ0n) is 15.1. The van der Waals surface area contributed by atoms with Gasteiger partial charge in [-0.05, 0) is 12.1 Å². The summed E-state index contributed by atoms with van der Waals surface area (Å²) in [7, 11) is 1.54. The number of halogens is 1. The lowest BCUT2D eigenvalue weighted by molar-refractivity contribution is -0.143. The molecule has 1 aliphatic heterocycles. The Morgan fingerprint density at radius 2 is 2.07 bits per heavy atom. The lowest BCUT2D eigenvalue weighted by Crippen LogP contribution is -2.55. The highest BCUT2D eigenvalue weighted by Gasteiger charge is 2.36. The average molecular weight is 406 g/mol. The molecule has 1 aromatic carbocycles. The van der Waals surface area contributed by atoms with Crippen LogP contribution in [0.4, 0.5) is 9.52 Å². The van der Waals surface area contributed by atoms with E-state index in [4.69, 9.17) is 4.74 Å². The number of carbonyl (C=O) groups is 3. The van der Waals surface area contributed by atoms with Gasteiger partial charge in [-0.2, -0.15) is 0 Å². The van der Waals surface area contributed by atoms with Gasteiger partial charge in [0.15, 0.2) is 23.3 Å². The van der Waals surface area contributed by atoms with Crippen molar-refractivity contribution in [3.8, 4) is 5.75 Å². The van der Waals surface area contributed by atoms with Crippen molar-refractivity contribution < 1.29 is 23.5 Å². The Morgan fingerprint density at radius 3 is 2.79 bits per heavy atom. The molecule has 0 radical (unpaired) electrons. The molecule has 0 spiro atoms. The summed E-state index contributed by atoms with van der Waals surface area (Å²) in [6, 6.07) is 5.85. The van der Waals surface area contributed by atoms with E-state index in [0.717, 1.165) is 0 Å². The maximum Gasteiger partial charge on any atom is 0.260 e. The van der Waals surface area contributed by atoms with Crippen molar-refractivity contribution in [3.63, 3.8) is 0 Å². The Bertz CT molecular complexity index is 882. The third-order valence-corrected chi connectivity index (χ3v) is 5.00.